The van der Waals surface area contributed by atoms with E-state index < -0.39 is 0 Å². The van der Waals surface area contributed by atoms with E-state index in [0.29, 0.717) is 6.04 Å². The molecule has 0 amide bonds. The number of aryl methyl sites for hydroxylation is 1. The first-order valence-corrected chi connectivity index (χ1v) is 10.7. The third-order valence-corrected chi connectivity index (χ3v) is 7.17. The molecule has 2 saturated heterocycles. The van der Waals surface area contributed by atoms with Crippen LogP contribution in [0.3, 0.4) is 0 Å². The van der Waals surface area contributed by atoms with Crippen LogP contribution in [0.1, 0.15) is 42.9 Å². The van der Waals surface area contributed by atoms with Crippen molar-refractivity contribution < 1.29 is 4.74 Å². The predicted octanol–water partition coefficient (Wildman–Crippen LogP) is 3.97. The van der Waals surface area contributed by atoms with Crippen LogP contribution in [0.15, 0.2) is 48.5 Å². The summed E-state index contributed by atoms with van der Waals surface area (Å²) in [5.41, 5.74) is 4.65. The lowest BCUT2D eigenvalue weighted by Crippen LogP contribution is -2.54. The number of methoxy groups -OCH3 is 1. The van der Waals surface area contributed by atoms with Crippen LogP contribution < -0.4 is 15.0 Å². The largest absolute Gasteiger partial charge is 0.497 e. The Morgan fingerprint density at radius 3 is 2.68 bits per heavy atom. The van der Waals surface area contributed by atoms with Crippen molar-refractivity contribution in [2.75, 3.05) is 38.3 Å². The molecule has 1 spiro atoms. The molecular weight excluding hydrogens is 346 g/mol. The summed E-state index contributed by atoms with van der Waals surface area (Å²) in [6.07, 6.45) is 6.23. The maximum Gasteiger partial charge on any atom is 0.119 e. The Morgan fingerprint density at radius 2 is 1.89 bits per heavy atom. The number of nitrogens with zero attached hydrogens (tertiary/aromatic N) is 2. The van der Waals surface area contributed by atoms with E-state index in [1.807, 2.05) is 0 Å². The van der Waals surface area contributed by atoms with Gasteiger partial charge < -0.3 is 9.64 Å². The Bertz CT molecular complexity index is 814. The van der Waals surface area contributed by atoms with E-state index >= 15 is 0 Å². The average molecular weight is 378 g/mol. The maximum absolute atomic E-state index is 5.52. The van der Waals surface area contributed by atoms with E-state index in [0.717, 1.165) is 19.0 Å². The molecule has 5 rings (SSSR count). The lowest BCUT2D eigenvalue weighted by molar-refractivity contribution is 0.111. The summed E-state index contributed by atoms with van der Waals surface area (Å²) in [5.74, 6) is 0.995. The SMILES string of the molecule is COc1ccc2c(c1)C(N1CCC3(CC1)CNCN3c1ccccc1)CCC2. The van der Waals surface area contributed by atoms with Crippen molar-refractivity contribution in [3.05, 3.63) is 59.7 Å². The molecule has 0 radical (unpaired) electrons. The second-order valence-electron chi connectivity index (χ2n) is 8.58. The zero-order chi connectivity index (χ0) is 19.0. The molecule has 2 aromatic rings. The first-order chi connectivity index (χ1) is 13.8. The van der Waals surface area contributed by atoms with Gasteiger partial charge >= 0.3 is 0 Å². The van der Waals surface area contributed by atoms with Gasteiger partial charge in [-0.05, 0) is 67.5 Å². The van der Waals surface area contributed by atoms with E-state index in [-0.39, 0.29) is 5.54 Å². The van der Waals surface area contributed by atoms with Crippen LogP contribution in [-0.4, -0.2) is 43.9 Å². The van der Waals surface area contributed by atoms with Crippen molar-refractivity contribution in [2.45, 2.75) is 43.7 Å². The number of hydrogen-bond donors (Lipinski definition) is 1. The van der Waals surface area contributed by atoms with Gasteiger partial charge in [-0.25, -0.2) is 0 Å². The second-order valence-corrected chi connectivity index (χ2v) is 8.58. The monoisotopic (exact) mass is 377 g/mol. The highest BCUT2D eigenvalue weighted by molar-refractivity contribution is 5.50. The number of benzene rings is 2. The lowest BCUT2D eigenvalue weighted by Gasteiger charge is -2.48. The van der Waals surface area contributed by atoms with Gasteiger partial charge in [0.15, 0.2) is 0 Å². The van der Waals surface area contributed by atoms with Crippen LogP contribution in [0.25, 0.3) is 0 Å². The second kappa shape index (κ2) is 7.41. The highest BCUT2D eigenvalue weighted by Gasteiger charge is 2.44. The van der Waals surface area contributed by atoms with Gasteiger partial charge in [0, 0.05) is 31.4 Å². The van der Waals surface area contributed by atoms with Crippen LogP contribution in [0.5, 0.6) is 5.75 Å². The fourth-order valence-electron chi connectivity index (χ4n) is 5.59. The van der Waals surface area contributed by atoms with E-state index in [4.69, 9.17) is 4.74 Å². The van der Waals surface area contributed by atoms with E-state index in [9.17, 15) is 0 Å². The Kier molecular flexibility index (Phi) is 4.77. The summed E-state index contributed by atoms with van der Waals surface area (Å²) in [6, 6.07) is 18.2. The molecule has 1 unspecified atom stereocenters. The van der Waals surface area contributed by atoms with Gasteiger partial charge in [0.2, 0.25) is 0 Å². The smallest absolute Gasteiger partial charge is 0.119 e. The summed E-state index contributed by atoms with van der Waals surface area (Å²) >= 11 is 0. The molecule has 0 bridgehead atoms. The molecule has 2 fully saturated rings. The molecule has 4 heteroatoms. The topological polar surface area (TPSA) is 27.7 Å². The quantitative estimate of drug-likeness (QED) is 0.876. The Hall–Kier alpha value is -2.04. The molecule has 1 atom stereocenters. The molecule has 3 aliphatic rings. The normalized spacial score (nSPS) is 24.3. The molecule has 4 nitrogen and oxygen atoms in total. The molecule has 2 aromatic carbocycles. The third-order valence-electron chi connectivity index (χ3n) is 7.17. The van der Waals surface area contributed by atoms with Crippen molar-refractivity contribution >= 4 is 5.69 Å². The van der Waals surface area contributed by atoms with E-state index in [2.05, 4.69) is 63.6 Å². The highest BCUT2D eigenvalue weighted by atomic mass is 16.5. The molecule has 1 aliphatic carbocycles. The third kappa shape index (κ3) is 3.09. The molecule has 2 heterocycles. The van der Waals surface area contributed by atoms with Crippen LogP contribution >= 0.6 is 0 Å². The van der Waals surface area contributed by atoms with Crippen LogP contribution in [0.4, 0.5) is 5.69 Å². The number of rotatable bonds is 3. The van der Waals surface area contributed by atoms with Gasteiger partial charge in [-0.1, -0.05) is 24.3 Å². The van der Waals surface area contributed by atoms with Gasteiger partial charge in [0.05, 0.1) is 19.3 Å². The lowest BCUT2D eigenvalue weighted by atomic mass is 9.82. The summed E-state index contributed by atoms with van der Waals surface area (Å²) in [5, 5.41) is 3.65. The van der Waals surface area contributed by atoms with Gasteiger partial charge in [0.1, 0.15) is 5.75 Å². The fourth-order valence-corrected chi connectivity index (χ4v) is 5.59. The number of ether oxygens (including phenoxy) is 1. The van der Waals surface area contributed by atoms with Gasteiger partial charge in [-0.15, -0.1) is 0 Å². The minimum absolute atomic E-state index is 0.268. The molecule has 2 aliphatic heterocycles. The van der Waals surface area contributed by atoms with E-state index in [1.54, 1.807) is 7.11 Å². The van der Waals surface area contributed by atoms with Crippen molar-refractivity contribution in [3.8, 4) is 5.75 Å². The highest BCUT2D eigenvalue weighted by Crippen LogP contribution is 2.41. The molecule has 28 heavy (non-hydrogen) atoms. The van der Waals surface area contributed by atoms with Crippen molar-refractivity contribution in [2.24, 2.45) is 0 Å². The average Bonchev–Trinajstić information content (AvgIpc) is 3.17. The molecule has 1 N–H and O–H groups in total. The van der Waals surface area contributed by atoms with Gasteiger partial charge in [-0.3, -0.25) is 10.2 Å². The first-order valence-electron chi connectivity index (χ1n) is 10.7. The number of likely N-dealkylation sites (tertiary alicyclic amines) is 1. The number of hydrogen-bond acceptors (Lipinski definition) is 4. The maximum atomic E-state index is 5.52. The standard InChI is InChI=1S/C24H31N3O/c1-28-21-11-10-19-6-5-9-23(22(19)16-21)26-14-12-24(13-15-26)17-25-18-27(24)20-7-3-2-4-8-20/h2-4,7-8,10-11,16,23,25H,5-6,9,12-15,17-18H2,1H3. The van der Waals surface area contributed by atoms with Crippen molar-refractivity contribution in [3.63, 3.8) is 0 Å². The van der Waals surface area contributed by atoms with Crippen LogP contribution in [0.2, 0.25) is 0 Å². The molecule has 0 saturated carbocycles. The summed E-state index contributed by atoms with van der Waals surface area (Å²) < 4.78 is 5.52. The summed E-state index contributed by atoms with van der Waals surface area (Å²) in [6.45, 7) is 4.41. The van der Waals surface area contributed by atoms with Crippen molar-refractivity contribution in [1.29, 1.82) is 0 Å². The van der Waals surface area contributed by atoms with Crippen LogP contribution in [0, 0.1) is 0 Å². The summed E-state index contributed by atoms with van der Waals surface area (Å²) in [7, 11) is 1.77. The van der Waals surface area contributed by atoms with Crippen molar-refractivity contribution in [1.82, 2.24) is 10.2 Å². The number of nitrogens with one attached hydrogen (secondary N) is 1. The minimum Gasteiger partial charge on any atom is -0.497 e. The van der Waals surface area contributed by atoms with Gasteiger partial charge in [0.25, 0.3) is 0 Å². The van der Waals surface area contributed by atoms with Crippen LogP contribution in [-0.2, 0) is 6.42 Å². The Labute approximate surface area is 168 Å². The fraction of sp³-hybridized carbons (Fsp3) is 0.500. The Morgan fingerprint density at radius 1 is 1.07 bits per heavy atom. The first kappa shape index (κ1) is 18.0. The number of para-hydroxylation sites is 1. The molecule has 148 valence electrons. The zero-order valence-electron chi connectivity index (χ0n) is 16.9. The zero-order valence-corrected chi connectivity index (χ0v) is 16.9. The minimum atomic E-state index is 0.268. The summed E-state index contributed by atoms with van der Waals surface area (Å²) in [4.78, 5) is 5.35. The Balaban J connectivity index is 1.34. The molecule has 0 aromatic heterocycles. The molecular formula is C24H31N3O. The number of anilines is 1. The van der Waals surface area contributed by atoms with Gasteiger partial charge in [-0.2, -0.15) is 0 Å². The predicted molar refractivity (Wildman–Crippen MR) is 114 cm³/mol. The number of piperidine rings is 1. The van der Waals surface area contributed by atoms with E-state index in [1.165, 1.54) is 62.0 Å². The number of fused-ring (bicyclic) bond motifs is 1.